The standard InChI is InChI=1S/C15H20N2O2/c1-11(19)14-7-13(10-18)15(8-16)17(14)9-12-5-3-2-4-6-12/h2-6,10,13-15H,7-9,16H2,1H3. The van der Waals surface area contributed by atoms with Crippen LogP contribution in [0.4, 0.5) is 0 Å². The van der Waals surface area contributed by atoms with Crippen molar-refractivity contribution in [2.45, 2.75) is 32.0 Å². The van der Waals surface area contributed by atoms with Gasteiger partial charge in [-0.2, -0.15) is 0 Å². The first-order chi connectivity index (χ1) is 9.17. The van der Waals surface area contributed by atoms with Crippen molar-refractivity contribution in [1.29, 1.82) is 0 Å². The summed E-state index contributed by atoms with van der Waals surface area (Å²) >= 11 is 0. The van der Waals surface area contributed by atoms with Crippen LogP contribution in [0.1, 0.15) is 18.9 Å². The van der Waals surface area contributed by atoms with Crippen LogP contribution < -0.4 is 5.73 Å². The molecule has 1 aliphatic rings. The number of rotatable bonds is 5. The summed E-state index contributed by atoms with van der Waals surface area (Å²) in [6, 6.07) is 9.74. The molecule has 1 saturated heterocycles. The van der Waals surface area contributed by atoms with Gasteiger partial charge in [0, 0.05) is 25.0 Å². The highest BCUT2D eigenvalue weighted by atomic mass is 16.1. The van der Waals surface area contributed by atoms with E-state index < -0.39 is 0 Å². The molecule has 0 radical (unpaired) electrons. The van der Waals surface area contributed by atoms with Crippen LogP contribution in [0.25, 0.3) is 0 Å². The molecule has 102 valence electrons. The Labute approximate surface area is 113 Å². The summed E-state index contributed by atoms with van der Waals surface area (Å²) in [5, 5.41) is 0. The molecule has 19 heavy (non-hydrogen) atoms. The van der Waals surface area contributed by atoms with Gasteiger partial charge in [0.2, 0.25) is 0 Å². The van der Waals surface area contributed by atoms with E-state index in [0.717, 1.165) is 11.8 Å². The molecule has 2 rings (SSSR count). The fourth-order valence-corrected chi connectivity index (χ4v) is 2.90. The summed E-state index contributed by atoms with van der Waals surface area (Å²) in [7, 11) is 0. The van der Waals surface area contributed by atoms with Gasteiger partial charge in [0.25, 0.3) is 0 Å². The summed E-state index contributed by atoms with van der Waals surface area (Å²) in [6.07, 6.45) is 1.53. The number of hydrogen-bond acceptors (Lipinski definition) is 4. The summed E-state index contributed by atoms with van der Waals surface area (Å²) in [5.41, 5.74) is 6.93. The largest absolute Gasteiger partial charge is 0.329 e. The van der Waals surface area contributed by atoms with Gasteiger partial charge < -0.3 is 10.5 Å². The second-order valence-electron chi connectivity index (χ2n) is 5.12. The number of nitrogens with two attached hydrogens (primary N) is 1. The molecular formula is C15H20N2O2. The Kier molecular flexibility index (Phi) is 4.45. The minimum atomic E-state index is -0.191. The van der Waals surface area contributed by atoms with Crippen molar-refractivity contribution < 1.29 is 9.59 Å². The molecule has 2 N–H and O–H groups in total. The van der Waals surface area contributed by atoms with Crippen LogP contribution in [-0.4, -0.2) is 35.6 Å². The minimum absolute atomic E-state index is 0.0355. The lowest BCUT2D eigenvalue weighted by molar-refractivity contribution is -0.121. The zero-order chi connectivity index (χ0) is 13.8. The lowest BCUT2D eigenvalue weighted by Crippen LogP contribution is -2.44. The molecule has 4 heteroatoms. The predicted molar refractivity (Wildman–Crippen MR) is 73.5 cm³/mol. The number of aldehydes is 1. The average molecular weight is 260 g/mol. The molecule has 0 bridgehead atoms. The molecule has 1 fully saturated rings. The zero-order valence-electron chi connectivity index (χ0n) is 11.2. The number of ketones is 1. The summed E-state index contributed by atoms with van der Waals surface area (Å²) in [6.45, 7) is 2.65. The average Bonchev–Trinajstić information content (AvgIpc) is 2.77. The third-order valence-corrected chi connectivity index (χ3v) is 3.91. The van der Waals surface area contributed by atoms with Crippen molar-refractivity contribution in [2.24, 2.45) is 11.7 Å². The molecule has 0 amide bonds. The van der Waals surface area contributed by atoms with Crippen molar-refractivity contribution >= 4 is 12.1 Å². The number of hydrogen-bond donors (Lipinski definition) is 1. The predicted octanol–water partition coefficient (Wildman–Crippen LogP) is 0.992. The summed E-state index contributed by atoms with van der Waals surface area (Å²) < 4.78 is 0. The highest BCUT2D eigenvalue weighted by molar-refractivity contribution is 5.82. The van der Waals surface area contributed by atoms with Gasteiger partial charge in [0.15, 0.2) is 0 Å². The van der Waals surface area contributed by atoms with Gasteiger partial charge in [-0.05, 0) is 18.9 Å². The number of nitrogens with zero attached hydrogens (tertiary/aromatic N) is 1. The Balaban J connectivity index is 2.22. The van der Waals surface area contributed by atoms with Gasteiger partial charge in [0.1, 0.15) is 12.1 Å². The van der Waals surface area contributed by atoms with E-state index in [1.807, 2.05) is 30.3 Å². The second kappa shape index (κ2) is 6.08. The van der Waals surface area contributed by atoms with Crippen molar-refractivity contribution in [3.05, 3.63) is 35.9 Å². The first-order valence-corrected chi connectivity index (χ1v) is 6.63. The van der Waals surface area contributed by atoms with Crippen LogP contribution in [0.3, 0.4) is 0 Å². The van der Waals surface area contributed by atoms with E-state index in [-0.39, 0.29) is 23.8 Å². The minimum Gasteiger partial charge on any atom is -0.329 e. The smallest absolute Gasteiger partial charge is 0.146 e. The normalized spacial score (nSPS) is 27.4. The highest BCUT2D eigenvalue weighted by Crippen LogP contribution is 2.30. The quantitative estimate of drug-likeness (QED) is 0.802. The molecule has 0 aliphatic carbocycles. The van der Waals surface area contributed by atoms with E-state index in [2.05, 4.69) is 4.90 Å². The highest BCUT2D eigenvalue weighted by Gasteiger charge is 2.42. The first kappa shape index (κ1) is 13.9. The second-order valence-corrected chi connectivity index (χ2v) is 5.12. The molecule has 0 saturated carbocycles. The van der Waals surface area contributed by atoms with Crippen LogP contribution in [0.5, 0.6) is 0 Å². The van der Waals surface area contributed by atoms with Crippen LogP contribution in [0, 0.1) is 5.92 Å². The fraction of sp³-hybridized carbons (Fsp3) is 0.467. The number of benzene rings is 1. The van der Waals surface area contributed by atoms with Crippen molar-refractivity contribution in [3.8, 4) is 0 Å². The van der Waals surface area contributed by atoms with Gasteiger partial charge in [-0.1, -0.05) is 30.3 Å². The Morgan fingerprint density at radius 2 is 2.11 bits per heavy atom. The van der Waals surface area contributed by atoms with Crippen molar-refractivity contribution in [3.63, 3.8) is 0 Å². The molecule has 1 heterocycles. The number of carbonyl (C=O) groups excluding carboxylic acids is 2. The van der Waals surface area contributed by atoms with Crippen LogP contribution in [-0.2, 0) is 16.1 Å². The SMILES string of the molecule is CC(=O)C1CC(C=O)C(CN)N1Cc1ccccc1. The van der Waals surface area contributed by atoms with Gasteiger partial charge in [-0.15, -0.1) is 0 Å². The Morgan fingerprint density at radius 1 is 1.42 bits per heavy atom. The van der Waals surface area contributed by atoms with E-state index in [0.29, 0.717) is 19.5 Å². The molecule has 1 aromatic carbocycles. The van der Waals surface area contributed by atoms with Gasteiger partial charge in [0.05, 0.1) is 6.04 Å². The van der Waals surface area contributed by atoms with Crippen LogP contribution in [0.2, 0.25) is 0 Å². The molecule has 1 aromatic rings. The lowest BCUT2D eigenvalue weighted by atomic mass is 10.00. The molecule has 1 aliphatic heterocycles. The molecule has 3 unspecified atom stereocenters. The fourth-order valence-electron chi connectivity index (χ4n) is 2.90. The van der Waals surface area contributed by atoms with Gasteiger partial charge in [-0.3, -0.25) is 9.69 Å². The number of Topliss-reactive ketones (excluding diaryl/α,β-unsaturated/α-hetero) is 1. The Bertz CT molecular complexity index is 447. The molecule has 3 atom stereocenters. The van der Waals surface area contributed by atoms with Crippen molar-refractivity contribution in [2.75, 3.05) is 6.54 Å². The maximum absolute atomic E-state index is 11.8. The van der Waals surface area contributed by atoms with E-state index in [9.17, 15) is 9.59 Å². The maximum Gasteiger partial charge on any atom is 0.146 e. The molecule has 4 nitrogen and oxygen atoms in total. The lowest BCUT2D eigenvalue weighted by Gasteiger charge is -2.28. The first-order valence-electron chi connectivity index (χ1n) is 6.63. The summed E-state index contributed by atoms with van der Waals surface area (Å²) in [4.78, 5) is 25.0. The number of carbonyl (C=O) groups is 2. The monoisotopic (exact) mass is 260 g/mol. The van der Waals surface area contributed by atoms with Crippen LogP contribution >= 0.6 is 0 Å². The van der Waals surface area contributed by atoms with Gasteiger partial charge >= 0.3 is 0 Å². The zero-order valence-corrected chi connectivity index (χ0v) is 11.2. The van der Waals surface area contributed by atoms with E-state index >= 15 is 0 Å². The topological polar surface area (TPSA) is 63.4 Å². The maximum atomic E-state index is 11.8. The third kappa shape index (κ3) is 2.91. The van der Waals surface area contributed by atoms with Crippen LogP contribution in [0.15, 0.2) is 30.3 Å². The van der Waals surface area contributed by atoms with E-state index in [4.69, 9.17) is 5.73 Å². The Hall–Kier alpha value is -1.52. The number of likely N-dealkylation sites (tertiary alicyclic amines) is 1. The third-order valence-electron chi connectivity index (χ3n) is 3.91. The molecule has 0 spiro atoms. The van der Waals surface area contributed by atoms with E-state index in [1.54, 1.807) is 6.92 Å². The van der Waals surface area contributed by atoms with E-state index in [1.165, 1.54) is 0 Å². The van der Waals surface area contributed by atoms with Gasteiger partial charge in [-0.25, -0.2) is 0 Å². The summed E-state index contributed by atoms with van der Waals surface area (Å²) in [5.74, 6) is -0.0265. The Morgan fingerprint density at radius 3 is 2.63 bits per heavy atom. The molecular weight excluding hydrogens is 240 g/mol. The van der Waals surface area contributed by atoms with Crippen molar-refractivity contribution in [1.82, 2.24) is 4.90 Å². The molecule has 0 aromatic heterocycles.